The van der Waals surface area contributed by atoms with Gasteiger partial charge in [0.1, 0.15) is 5.69 Å². The summed E-state index contributed by atoms with van der Waals surface area (Å²) in [6.45, 7) is 1.85. The van der Waals surface area contributed by atoms with Crippen LogP contribution in [0.3, 0.4) is 0 Å². The number of nitrogens with zero attached hydrogens (tertiary/aromatic N) is 2. The maximum absolute atomic E-state index is 12.7. The molecular formula is C20H18BrN3O2. The van der Waals surface area contributed by atoms with Crippen molar-refractivity contribution >= 4 is 27.4 Å². The van der Waals surface area contributed by atoms with Crippen molar-refractivity contribution in [3.8, 4) is 5.69 Å². The van der Waals surface area contributed by atoms with Gasteiger partial charge in [-0.1, -0.05) is 34.1 Å². The number of nitrogens with one attached hydrogen (secondary N) is 1. The minimum atomic E-state index is -0.169. The summed E-state index contributed by atoms with van der Waals surface area (Å²) >= 11 is 3.34. The summed E-state index contributed by atoms with van der Waals surface area (Å²) in [5.74, 6) is -0.137. The van der Waals surface area contributed by atoms with Crippen molar-refractivity contribution in [2.24, 2.45) is 7.05 Å². The van der Waals surface area contributed by atoms with Crippen LogP contribution in [-0.4, -0.2) is 15.1 Å². The lowest BCUT2D eigenvalue weighted by atomic mass is 10.1. The molecule has 6 heteroatoms. The molecule has 132 valence electrons. The molecule has 0 spiro atoms. The lowest BCUT2D eigenvalue weighted by Gasteiger charge is -2.07. The number of rotatable bonds is 5. The molecule has 0 aliphatic heterocycles. The molecule has 0 saturated heterocycles. The highest BCUT2D eigenvalue weighted by molar-refractivity contribution is 9.10. The molecule has 1 heterocycles. The molecule has 0 saturated carbocycles. The molecule has 1 N–H and O–H groups in total. The minimum Gasteiger partial charge on any atom is -0.356 e. The Morgan fingerprint density at radius 3 is 2.38 bits per heavy atom. The molecule has 0 unspecified atom stereocenters. The molecule has 1 aromatic heterocycles. The van der Waals surface area contributed by atoms with Crippen LogP contribution in [0.1, 0.15) is 16.1 Å². The normalized spacial score (nSPS) is 11.0. The van der Waals surface area contributed by atoms with Gasteiger partial charge < -0.3 is 5.32 Å². The number of ketones is 1. The van der Waals surface area contributed by atoms with Crippen molar-refractivity contribution in [1.82, 2.24) is 9.36 Å². The average molecular weight is 412 g/mol. The first kappa shape index (κ1) is 17.9. The second-order valence-corrected chi connectivity index (χ2v) is 6.70. The van der Waals surface area contributed by atoms with E-state index in [9.17, 15) is 9.59 Å². The van der Waals surface area contributed by atoms with E-state index in [4.69, 9.17) is 0 Å². The fourth-order valence-corrected chi connectivity index (χ4v) is 2.91. The van der Waals surface area contributed by atoms with Crippen molar-refractivity contribution in [1.29, 1.82) is 0 Å². The van der Waals surface area contributed by atoms with Gasteiger partial charge in [-0.3, -0.25) is 14.3 Å². The van der Waals surface area contributed by atoms with Gasteiger partial charge in [-0.05, 0) is 43.3 Å². The minimum absolute atomic E-state index is 0.137. The Labute approximate surface area is 159 Å². The zero-order chi connectivity index (χ0) is 18.7. The molecule has 5 nitrogen and oxygen atoms in total. The van der Waals surface area contributed by atoms with Crippen molar-refractivity contribution < 1.29 is 4.79 Å². The highest BCUT2D eigenvalue weighted by Crippen LogP contribution is 2.14. The molecule has 0 atom stereocenters. The number of aromatic nitrogens is 2. The number of allylic oxidation sites excluding steroid dienone is 1. The van der Waals surface area contributed by atoms with E-state index in [1.54, 1.807) is 21.5 Å². The Bertz CT molecular complexity index is 1020. The van der Waals surface area contributed by atoms with E-state index in [0.29, 0.717) is 11.3 Å². The molecule has 0 aliphatic rings. The summed E-state index contributed by atoms with van der Waals surface area (Å²) in [7, 11) is 1.83. The molecule has 0 aliphatic carbocycles. The summed E-state index contributed by atoms with van der Waals surface area (Å²) in [6.07, 6.45) is 2.92. The standard InChI is InChI=1S/C20H18BrN3O2/c1-14-19(20(26)24(23(14)2)17-6-4-3-5-7-17)22-13-12-18(25)15-8-10-16(21)11-9-15/h3-13,22H,1-2H3/b13-12+. The van der Waals surface area contributed by atoms with E-state index in [1.165, 1.54) is 12.3 Å². The number of hydrogen-bond donors (Lipinski definition) is 1. The van der Waals surface area contributed by atoms with Crippen LogP contribution in [0.4, 0.5) is 5.69 Å². The lowest BCUT2D eigenvalue weighted by Crippen LogP contribution is -2.20. The summed E-state index contributed by atoms with van der Waals surface area (Å²) in [5.41, 5.74) is 2.41. The third-order valence-corrected chi connectivity index (χ3v) is 4.67. The van der Waals surface area contributed by atoms with Gasteiger partial charge in [-0.25, -0.2) is 4.68 Å². The average Bonchev–Trinajstić information content (AvgIpc) is 2.86. The Kier molecular flexibility index (Phi) is 5.23. The van der Waals surface area contributed by atoms with Gasteiger partial charge in [0, 0.05) is 29.4 Å². The smallest absolute Gasteiger partial charge is 0.295 e. The fraction of sp³-hybridized carbons (Fsp3) is 0.100. The van der Waals surface area contributed by atoms with Gasteiger partial charge in [-0.15, -0.1) is 0 Å². The SMILES string of the molecule is Cc1c(N/C=C/C(=O)c2ccc(Br)cc2)c(=O)n(-c2ccccc2)n1C. The zero-order valence-corrected chi connectivity index (χ0v) is 16.0. The van der Waals surface area contributed by atoms with Crippen LogP contribution in [-0.2, 0) is 7.05 Å². The quantitative estimate of drug-likeness (QED) is 0.508. The first-order valence-electron chi connectivity index (χ1n) is 8.06. The number of hydrogen-bond acceptors (Lipinski definition) is 3. The predicted octanol–water partition coefficient (Wildman–Crippen LogP) is 4.06. The number of halogens is 1. The van der Waals surface area contributed by atoms with Crippen LogP contribution in [0, 0.1) is 6.92 Å². The van der Waals surface area contributed by atoms with Gasteiger partial charge in [0.05, 0.1) is 11.4 Å². The Morgan fingerprint density at radius 1 is 1.08 bits per heavy atom. The van der Waals surface area contributed by atoms with Gasteiger partial charge in [-0.2, -0.15) is 0 Å². The molecular weight excluding hydrogens is 394 g/mol. The molecule has 0 bridgehead atoms. The fourth-order valence-electron chi connectivity index (χ4n) is 2.65. The van der Waals surface area contributed by atoms with E-state index in [2.05, 4.69) is 21.2 Å². The van der Waals surface area contributed by atoms with E-state index in [-0.39, 0.29) is 11.3 Å². The van der Waals surface area contributed by atoms with Crippen molar-refractivity contribution in [2.75, 3.05) is 5.32 Å². The molecule has 0 radical (unpaired) electrons. The molecule has 3 aromatic rings. The lowest BCUT2D eigenvalue weighted by molar-refractivity contribution is 0.104. The predicted molar refractivity (Wildman–Crippen MR) is 107 cm³/mol. The number of carbonyl (C=O) groups is 1. The molecule has 0 fully saturated rings. The second kappa shape index (κ2) is 7.58. The Morgan fingerprint density at radius 2 is 1.73 bits per heavy atom. The molecule has 26 heavy (non-hydrogen) atoms. The van der Waals surface area contributed by atoms with Crippen LogP contribution >= 0.6 is 15.9 Å². The van der Waals surface area contributed by atoms with E-state index in [0.717, 1.165) is 15.9 Å². The van der Waals surface area contributed by atoms with Crippen molar-refractivity contribution in [3.63, 3.8) is 0 Å². The van der Waals surface area contributed by atoms with Crippen molar-refractivity contribution in [2.45, 2.75) is 6.92 Å². The van der Waals surface area contributed by atoms with Crippen LogP contribution in [0.2, 0.25) is 0 Å². The Hall–Kier alpha value is -2.86. The van der Waals surface area contributed by atoms with E-state index >= 15 is 0 Å². The number of benzene rings is 2. The van der Waals surface area contributed by atoms with Crippen LogP contribution in [0.5, 0.6) is 0 Å². The van der Waals surface area contributed by atoms with Gasteiger partial charge >= 0.3 is 0 Å². The maximum atomic E-state index is 12.7. The maximum Gasteiger partial charge on any atom is 0.295 e. The molecule has 2 aromatic carbocycles. The van der Waals surface area contributed by atoms with Crippen LogP contribution in [0.15, 0.2) is 76.1 Å². The van der Waals surface area contributed by atoms with Crippen molar-refractivity contribution in [3.05, 3.63) is 93.0 Å². The van der Waals surface area contributed by atoms with Gasteiger partial charge in [0.15, 0.2) is 5.78 Å². The zero-order valence-electron chi connectivity index (χ0n) is 14.4. The molecule has 3 rings (SSSR count). The third-order valence-electron chi connectivity index (χ3n) is 4.15. The number of anilines is 1. The van der Waals surface area contributed by atoms with Gasteiger partial charge in [0.25, 0.3) is 5.56 Å². The highest BCUT2D eigenvalue weighted by atomic mass is 79.9. The third kappa shape index (κ3) is 3.55. The van der Waals surface area contributed by atoms with Gasteiger partial charge in [0.2, 0.25) is 0 Å². The first-order valence-corrected chi connectivity index (χ1v) is 8.85. The Balaban J connectivity index is 1.84. The monoisotopic (exact) mass is 411 g/mol. The summed E-state index contributed by atoms with van der Waals surface area (Å²) in [4.78, 5) is 24.9. The van der Waals surface area contributed by atoms with E-state index < -0.39 is 0 Å². The largest absolute Gasteiger partial charge is 0.356 e. The topological polar surface area (TPSA) is 56.0 Å². The van der Waals surface area contributed by atoms with E-state index in [1.807, 2.05) is 56.4 Å². The first-order chi connectivity index (χ1) is 12.5. The summed E-state index contributed by atoms with van der Waals surface area (Å²) < 4.78 is 4.28. The highest BCUT2D eigenvalue weighted by Gasteiger charge is 2.14. The number of para-hydroxylation sites is 1. The summed E-state index contributed by atoms with van der Waals surface area (Å²) in [5, 5.41) is 2.96. The summed E-state index contributed by atoms with van der Waals surface area (Å²) in [6, 6.07) is 16.5. The second-order valence-electron chi connectivity index (χ2n) is 5.79. The van der Waals surface area contributed by atoms with Crippen LogP contribution < -0.4 is 10.9 Å². The van der Waals surface area contributed by atoms with Crippen LogP contribution in [0.25, 0.3) is 5.69 Å². The number of carbonyl (C=O) groups excluding carboxylic acids is 1. The molecule has 0 amide bonds.